The van der Waals surface area contributed by atoms with Gasteiger partial charge in [-0.25, -0.2) is 4.39 Å². The molecule has 0 aliphatic heterocycles. The van der Waals surface area contributed by atoms with E-state index in [1.165, 1.54) is 16.5 Å². The molecule has 3 unspecified atom stereocenters. The van der Waals surface area contributed by atoms with E-state index < -0.39 is 5.67 Å². The summed E-state index contributed by atoms with van der Waals surface area (Å²) in [5.41, 5.74) is 2.18. The van der Waals surface area contributed by atoms with E-state index >= 15 is 4.39 Å². The first-order valence-electron chi connectivity index (χ1n) is 11.3. The van der Waals surface area contributed by atoms with Crippen LogP contribution < -0.4 is 10.6 Å². The highest BCUT2D eigenvalue weighted by Gasteiger charge is 2.40. The van der Waals surface area contributed by atoms with Gasteiger partial charge in [-0.3, -0.25) is 4.79 Å². The number of halogens is 1. The molecule has 0 spiro atoms. The first-order chi connectivity index (χ1) is 15.6. The van der Waals surface area contributed by atoms with Gasteiger partial charge in [-0.15, -0.1) is 0 Å². The molecule has 1 fully saturated rings. The summed E-state index contributed by atoms with van der Waals surface area (Å²) >= 11 is 0. The Morgan fingerprint density at radius 2 is 2.03 bits per heavy atom. The van der Waals surface area contributed by atoms with Crippen LogP contribution in [0, 0.1) is 0 Å². The molecule has 0 bridgehead atoms. The predicted octanol–water partition coefficient (Wildman–Crippen LogP) is 4.08. The van der Waals surface area contributed by atoms with Crippen LogP contribution in [0.4, 0.5) is 4.39 Å². The fraction of sp³-hybridized carbons (Fsp3) is 0.423. The van der Waals surface area contributed by atoms with Crippen LogP contribution in [0.25, 0.3) is 10.9 Å². The second-order valence-electron chi connectivity index (χ2n) is 8.84. The Morgan fingerprint density at radius 1 is 1.19 bits per heavy atom. The minimum atomic E-state index is -1.43. The van der Waals surface area contributed by atoms with Crippen molar-refractivity contribution in [2.24, 2.45) is 7.05 Å². The number of alkyl halides is 1. The maximum Gasteiger partial charge on any atom is 0.207 e. The summed E-state index contributed by atoms with van der Waals surface area (Å²) in [6, 6.07) is 18.9. The number of carbonyl (C=O) groups is 1. The van der Waals surface area contributed by atoms with Gasteiger partial charge in [0.05, 0.1) is 13.2 Å². The van der Waals surface area contributed by atoms with Crippen LogP contribution in [0.1, 0.15) is 36.3 Å². The van der Waals surface area contributed by atoms with Crippen molar-refractivity contribution in [2.45, 2.75) is 43.5 Å². The number of benzene rings is 2. The number of hydrogen-bond acceptors (Lipinski definition) is 3. The highest BCUT2D eigenvalue weighted by atomic mass is 19.1. The number of amides is 1. The number of rotatable bonds is 13. The highest BCUT2D eigenvalue weighted by Crippen LogP contribution is 2.42. The molecule has 3 atom stereocenters. The van der Waals surface area contributed by atoms with E-state index in [-0.39, 0.29) is 19.0 Å². The standard InChI is InChI=1S/C26H32FN3O2/c1-30-13-9-22-15-21(7-8-25(22)30)23-16-24(23)29-18-26(27,10-12-28-19-31)11-14-32-17-20-5-3-2-4-6-20/h2-9,13,15,19,23-24,29H,10-12,14,16-18H2,1H3,(H,28,31). The monoisotopic (exact) mass is 437 g/mol. The van der Waals surface area contributed by atoms with Gasteiger partial charge in [-0.1, -0.05) is 36.4 Å². The summed E-state index contributed by atoms with van der Waals surface area (Å²) in [6.07, 6.45) is 4.27. The lowest BCUT2D eigenvalue weighted by Crippen LogP contribution is -2.41. The number of carbonyl (C=O) groups excluding carboxylic acids is 1. The van der Waals surface area contributed by atoms with Crippen LogP contribution in [-0.2, 0) is 23.2 Å². The third-order valence-corrected chi connectivity index (χ3v) is 6.42. The molecule has 1 aliphatic rings. The van der Waals surface area contributed by atoms with Crippen molar-refractivity contribution < 1.29 is 13.9 Å². The number of hydrogen-bond donors (Lipinski definition) is 2. The molecule has 0 radical (unpaired) electrons. The lowest BCUT2D eigenvalue weighted by molar-refractivity contribution is -0.109. The maximum absolute atomic E-state index is 15.7. The van der Waals surface area contributed by atoms with E-state index in [1.807, 2.05) is 37.4 Å². The molecule has 1 saturated carbocycles. The van der Waals surface area contributed by atoms with Crippen molar-refractivity contribution in [3.63, 3.8) is 0 Å². The van der Waals surface area contributed by atoms with Crippen LogP contribution in [0.5, 0.6) is 0 Å². The average Bonchev–Trinajstić information content (AvgIpc) is 3.51. The summed E-state index contributed by atoms with van der Waals surface area (Å²) in [4.78, 5) is 10.6. The fourth-order valence-electron chi connectivity index (χ4n) is 4.31. The molecule has 2 aromatic carbocycles. The summed E-state index contributed by atoms with van der Waals surface area (Å²) in [5.74, 6) is 0.422. The normalized spacial score (nSPS) is 19.6. The van der Waals surface area contributed by atoms with Crippen molar-refractivity contribution in [1.82, 2.24) is 15.2 Å². The smallest absolute Gasteiger partial charge is 0.207 e. The number of nitrogens with zero attached hydrogens (tertiary/aromatic N) is 1. The quantitative estimate of drug-likeness (QED) is 0.313. The zero-order valence-electron chi connectivity index (χ0n) is 18.6. The summed E-state index contributed by atoms with van der Waals surface area (Å²) in [6.45, 7) is 1.40. The van der Waals surface area contributed by atoms with E-state index in [9.17, 15) is 4.79 Å². The van der Waals surface area contributed by atoms with Gasteiger partial charge >= 0.3 is 0 Å². The molecule has 1 aromatic heterocycles. The van der Waals surface area contributed by atoms with E-state index in [2.05, 4.69) is 45.7 Å². The molecule has 1 aliphatic carbocycles. The number of aromatic nitrogens is 1. The van der Waals surface area contributed by atoms with Crippen LogP contribution >= 0.6 is 0 Å². The lowest BCUT2D eigenvalue weighted by atomic mass is 9.97. The van der Waals surface area contributed by atoms with Gasteiger partial charge in [0.2, 0.25) is 6.41 Å². The lowest BCUT2D eigenvalue weighted by Gasteiger charge is -2.26. The summed E-state index contributed by atoms with van der Waals surface area (Å²) in [7, 11) is 2.05. The third-order valence-electron chi connectivity index (χ3n) is 6.42. The molecular formula is C26H32FN3O2. The van der Waals surface area contributed by atoms with Crippen molar-refractivity contribution in [3.05, 3.63) is 71.9 Å². The van der Waals surface area contributed by atoms with Gasteiger partial charge in [0.1, 0.15) is 5.67 Å². The molecule has 170 valence electrons. The minimum Gasteiger partial charge on any atom is -0.377 e. The van der Waals surface area contributed by atoms with E-state index in [0.29, 0.717) is 38.5 Å². The molecule has 3 aromatic rings. The SMILES string of the molecule is Cn1ccc2cc(C3CC3NCC(F)(CCNC=O)CCOCc3ccccc3)ccc21. The maximum atomic E-state index is 15.7. The molecule has 0 saturated heterocycles. The Morgan fingerprint density at radius 3 is 2.84 bits per heavy atom. The van der Waals surface area contributed by atoms with Gasteiger partial charge in [0.15, 0.2) is 0 Å². The predicted molar refractivity (Wildman–Crippen MR) is 125 cm³/mol. The Labute approximate surface area is 189 Å². The van der Waals surface area contributed by atoms with Crippen LogP contribution in [0.2, 0.25) is 0 Å². The highest BCUT2D eigenvalue weighted by molar-refractivity contribution is 5.81. The number of nitrogens with one attached hydrogen (secondary N) is 2. The average molecular weight is 438 g/mol. The second kappa shape index (κ2) is 10.3. The van der Waals surface area contributed by atoms with Gasteiger partial charge in [-0.05, 0) is 41.1 Å². The number of aryl methyl sites for hydroxylation is 1. The van der Waals surface area contributed by atoms with Crippen LogP contribution in [0.3, 0.4) is 0 Å². The van der Waals surface area contributed by atoms with Gasteiger partial charge < -0.3 is 19.9 Å². The van der Waals surface area contributed by atoms with Crippen molar-refractivity contribution in [1.29, 1.82) is 0 Å². The Hall–Kier alpha value is -2.70. The topological polar surface area (TPSA) is 55.3 Å². The Balaban J connectivity index is 1.28. The molecule has 5 nitrogen and oxygen atoms in total. The summed E-state index contributed by atoms with van der Waals surface area (Å²) < 4.78 is 23.5. The van der Waals surface area contributed by atoms with Gasteiger partial charge in [0.25, 0.3) is 0 Å². The number of ether oxygens (including phenoxy) is 1. The van der Waals surface area contributed by atoms with E-state index in [4.69, 9.17) is 4.74 Å². The molecule has 6 heteroatoms. The van der Waals surface area contributed by atoms with Crippen molar-refractivity contribution in [2.75, 3.05) is 19.7 Å². The fourth-order valence-corrected chi connectivity index (χ4v) is 4.31. The molecule has 2 N–H and O–H groups in total. The van der Waals surface area contributed by atoms with E-state index in [1.54, 1.807) is 0 Å². The minimum absolute atomic E-state index is 0.261. The Bertz CT molecular complexity index is 1020. The first kappa shape index (κ1) is 22.5. The second-order valence-corrected chi connectivity index (χ2v) is 8.84. The molecule has 32 heavy (non-hydrogen) atoms. The summed E-state index contributed by atoms with van der Waals surface area (Å²) in [5, 5.41) is 7.26. The van der Waals surface area contributed by atoms with Gasteiger partial charge in [0, 0.05) is 56.7 Å². The largest absolute Gasteiger partial charge is 0.377 e. The zero-order chi connectivity index (χ0) is 22.4. The van der Waals surface area contributed by atoms with Crippen LogP contribution in [-0.4, -0.2) is 42.4 Å². The van der Waals surface area contributed by atoms with Gasteiger partial charge in [-0.2, -0.15) is 0 Å². The molecule has 1 heterocycles. The van der Waals surface area contributed by atoms with Crippen molar-refractivity contribution in [3.8, 4) is 0 Å². The molecular weight excluding hydrogens is 405 g/mol. The molecule has 1 amide bonds. The number of fused-ring (bicyclic) bond motifs is 1. The Kier molecular flexibility index (Phi) is 7.22. The van der Waals surface area contributed by atoms with Crippen molar-refractivity contribution >= 4 is 17.3 Å². The van der Waals surface area contributed by atoms with Crippen LogP contribution in [0.15, 0.2) is 60.8 Å². The van der Waals surface area contributed by atoms with E-state index in [0.717, 1.165) is 12.0 Å². The zero-order valence-corrected chi connectivity index (χ0v) is 18.6. The molecule has 4 rings (SSSR count). The third kappa shape index (κ3) is 5.75. The first-order valence-corrected chi connectivity index (χ1v) is 11.3.